The van der Waals surface area contributed by atoms with Crippen molar-refractivity contribution in [3.8, 4) is 17.3 Å². The molecule has 1 aromatic carbocycles. The van der Waals surface area contributed by atoms with Crippen molar-refractivity contribution in [2.24, 2.45) is 7.05 Å². The van der Waals surface area contributed by atoms with Gasteiger partial charge < -0.3 is 14.4 Å². The number of aromatic nitrogens is 3. The minimum absolute atomic E-state index is 0.0834. The number of aryl methyl sites for hydroxylation is 2. The smallest absolute Gasteiger partial charge is 0.252 e. The molecule has 0 amide bonds. The summed E-state index contributed by atoms with van der Waals surface area (Å²) >= 11 is 1.63. The Labute approximate surface area is 200 Å². The molecule has 0 aliphatic carbocycles. The van der Waals surface area contributed by atoms with Crippen LogP contribution >= 0.6 is 11.3 Å². The van der Waals surface area contributed by atoms with Gasteiger partial charge in [-0.15, -0.1) is 11.3 Å². The van der Waals surface area contributed by atoms with Crippen LogP contribution in [0.5, 0.6) is 0 Å². The van der Waals surface area contributed by atoms with Crippen molar-refractivity contribution in [2.45, 2.75) is 19.9 Å². The summed E-state index contributed by atoms with van der Waals surface area (Å²) in [5, 5.41) is 11.4. The topological polar surface area (TPSA) is 78.0 Å². The van der Waals surface area contributed by atoms with Crippen LogP contribution in [0.4, 0.5) is 15.1 Å². The second-order valence-corrected chi connectivity index (χ2v) is 9.67. The largest absolute Gasteiger partial charge is 0.363 e. The van der Waals surface area contributed by atoms with Crippen molar-refractivity contribution in [3.63, 3.8) is 0 Å². The number of pyridine rings is 2. The van der Waals surface area contributed by atoms with Crippen LogP contribution in [0.2, 0.25) is 0 Å². The van der Waals surface area contributed by atoms with Gasteiger partial charge in [0, 0.05) is 44.4 Å². The molecule has 0 saturated carbocycles. The predicted molar refractivity (Wildman–Crippen MR) is 133 cm³/mol. The third-order valence-electron chi connectivity index (χ3n) is 6.24. The lowest BCUT2D eigenvalue weighted by Crippen LogP contribution is -2.52. The van der Waals surface area contributed by atoms with E-state index < -0.39 is 0 Å². The predicted octanol–water partition coefficient (Wildman–Crippen LogP) is 4.09. The summed E-state index contributed by atoms with van der Waals surface area (Å²) in [6.45, 7) is 6.24. The number of hydrogen-bond acceptors (Lipinski definition) is 7. The molecule has 172 valence electrons. The number of benzene rings is 1. The number of fused-ring (bicyclic) bond motifs is 1. The average Bonchev–Trinajstić information content (AvgIpc) is 3.23. The van der Waals surface area contributed by atoms with E-state index in [0.29, 0.717) is 23.3 Å². The zero-order valence-electron chi connectivity index (χ0n) is 19.1. The van der Waals surface area contributed by atoms with Gasteiger partial charge in [0.05, 0.1) is 16.2 Å². The third kappa shape index (κ3) is 3.80. The quantitative estimate of drug-likeness (QED) is 0.445. The van der Waals surface area contributed by atoms with Crippen LogP contribution in [-0.2, 0) is 7.05 Å². The van der Waals surface area contributed by atoms with Crippen molar-refractivity contribution >= 4 is 33.1 Å². The zero-order valence-corrected chi connectivity index (χ0v) is 19.9. The molecule has 1 aliphatic rings. The fourth-order valence-corrected chi connectivity index (χ4v) is 5.49. The van der Waals surface area contributed by atoms with E-state index in [2.05, 4.69) is 27.8 Å². The Kier molecular flexibility index (Phi) is 5.54. The summed E-state index contributed by atoms with van der Waals surface area (Å²) in [7, 11) is 1.71. The fraction of sp³-hybridized carbons (Fsp3) is 0.280. The van der Waals surface area contributed by atoms with E-state index in [-0.39, 0.29) is 17.4 Å². The monoisotopic (exact) mass is 474 g/mol. The Hall–Kier alpha value is -3.77. The van der Waals surface area contributed by atoms with Gasteiger partial charge in [-0.3, -0.25) is 4.79 Å². The molecule has 9 heteroatoms. The Morgan fingerprint density at radius 2 is 1.91 bits per heavy atom. The number of rotatable bonds is 3. The van der Waals surface area contributed by atoms with Crippen molar-refractivity contribution in [2.75, 3.05) is 29.4 Å². The van der Waals surface area contributed by atoms with Crippen LogP contribution in [0.25, 0.3) is 22.3 Å². The fourth-order valence-electron chi connectivity index (χ4n) is 4.52. The molecule has 34 heavy (non-hydrogen) atoms. The standard InChI is InChI=1S/C25H23FN6OS/c1-15-14-31(25-23(28-16(2)34-25)17-4-6-18(26)7-5-17)10-11-32(15)21-12-22(33)30(3)20-9-8-19(13-27)29-24(20)21/h4-9,12,15H,10-11,14H2,1-3H3. The molecular weight excluding hydrogens is 451 g/mol. The van der Waals surface area contributed by atoms with Gasteiger partial charge in [-0.05, 0) is 50.2 Å². The second kappa shape index (κ2) is 8.54. The summed E-state index contributed by atoms with van der Waals surface area (Å²) in [5.74, 6) is -0.270. The lowest BCUT2D eigenvalue weighted by atomic mass is 10.1. The van der Waals surface area contributed by atoms with Crippen LogP contribution in [0.15, 0.2) is 47.3 Å². The molecule has 0 spiro atoms. The van der Waals surface area contributed by atoms with Crippen molar-refractivity contribution in [3.05, 3.63) is 69.3 Å². The van der Waals surface area contributed by atoms with Crippen LogP contribution in [0.1, 0.15) is 17.6 Å². The Morgan fingerprint density at radius 3 is 2.62 bits per heavy atom. The minimum atomic E-state index is -0.270. The first kappa shape index (κ1) is 22.0. The van der Waals surface area contributed by atoms with Gasteiger partial charge in [0.25, 0.3) is 5.56 Å². The molecule has 1 aliphatic heterocycles. The molecule has 7 nitrogen and oxygen atoms in total. The highest BCUT2D eigenvalue weighted by Crippen LogP contribution is 2.38. The van der Waals surface area contributed by atoms with Gasteiger partial charge in [-0.25, -0.2) is 14.4 Å². The Balaban J connectivity index is 1.49. The van der Waals surface area contributed by atoms with E-state index in [1.807, 2.05) is 6.92 Å². The lowest BCUT2D eigenvalue weighted by molar-refractivity contribution is 0.553. The number of anilines is 2. The van der Waals surface area contributed by atoms with Gasteiger partial charge in [-0.1, -0.05) is 0 Å². The molecule has 5 rings (SSSR count). The summed E-state index contributed by atoms with van der Waals surface area (Å²) in [5.41, 5.74) is 4.07. The maximum Gasteiger partial charge on any atom is 0.252 e. The highest BCUT2D eigenvalue weighted by molar-refractivity contribution is 7.16. The molecule has 1 saturated heterocycles. The first-order valence-corrected chi connectivity index (χ1v) is 11.8. The molecular formula is C25H23FN6OS. The zero-order chi connectivity index (χ0) is 24.0. The highest BCUT2D eigenvalue weighted by Gasteiger charge is 2.29. The van der Waals surface area contributed by atoms with E-state index in [0.717, 1.165) is 40.0 Å². The van der Waals surface area contributed by atoms with Crippen LogP contribution in [-0.4, -0.2) is 40.2 Å². The Bertz CT molecular complexity index is 1490. The first-order chi connectivity index (χ1) is 16.4. The molecule has 0 bridgehead atoms. The van der Waals surface area contributed by atoms with E-state index in [1.54, 1.807) is 53.3 Å². The number of piperazine rings is 1. The van der Waals surface area contributed by atoms with Crippen LogP contribution in [0.3, 0.4) is 0 Å². The number of hydrogen-bond donors (Lipinski definition) is 0. The van der Waals surface area contributed by atoms with Gasteiger partial charge in [0.1, 0.15) is 33.8 Å². The molecule has 4 heterocycles. The van der Waals surface area contributed by atoms with Gasteiger partial charge in [0.15, 0.2) is 0 Å². The number of nitrogens with zero attached hydrogens (tertiary/aromatic N) is 6. The lowest BCUT2D eigenvalue weighted by Gasteiger charge is -2.42. The SMILES string of the molecule is Cc1nc(-c2ccc(F)cc2)c(N2CCN(c3cc(=O)n(C)c4ccc(C#N)nc34)C(C)C2)s1. The number of nitriles is 1. The normalized spacial score (nSPS) is 16.1. The number of halogens is 1. The first-order valence-electron chi connectivity index (χ1n) is 11.0. The molecule has 3 aromatic heterocycles. The molecule has 1 unspecified atom stereocenters. The molecule has 0 N–H and O–H groups in total. The van der Waals surface area contributed by atoms with E-state index in [9.17, 15) is 14.4 Å². The van der Waals surface area contributed by atoms with Crippen molar-refractivity contribution in [1.82, 2.24) is 14.5 Å². The van der Waals surface area contributed by atoms with Crippen molar-refractivity contribution in [1.29, 1.82) is 5.26 Å². The third-order valence-corrected chi connectivity index (χ3v) is 7.27. The molecule has 1 fully saturated rings. The maximum absolute atomic E-state index is 13.4. The number of thiazole rings is 1. The highest BCUT2D eigenvalue weighted by atomic mass is 32.1. The minimum Gasteiger partial charge on any atom is -0.363 e. The van der Waals surface area contributed by atoms with Crippen LogP contribution in [0, 0.1) is 24.1 Å². The van der Waals surface area contributed by atoms with Gasteiger partial charge >= 0.3 is 0 Å². The summed E-state index contributed by atoms with van der Waals surface area (Å²) in [6, 6.07) is 13.6. The summed E-state index contributed by atoms with van der Waals surface area (Å²) in [6.07, 6.45) is 0. The van der Waals surface area contributed by atoms with E-state index >= 15 is 0 Å². The van der Waals surface area contributed by atoms with Crippen molar-refractivity contribution < 1.29 is 4.39 Å². The Morgan fingerprint density at radius 1 is 1.15 bits per heavy atom. The second-order valence-electron chi connectivity index (χ2n) is 8.48. The van der Waals surface area contributed by atoms with E-state index in [1.165, 1.54) is 12.1 Å². The maximum atomic E-state index is 13.4. The summed E-state index contributed by atoms with van der Waals surface area (Å²) < 4.78 is 15.0. The molecule has 4 aromatic rings. The van der Waals surface area contributed by atoms with Crippen LogP contribution < -0.4 is 15.4 Å². The van der Waals surface area contributed by atoms with Gasteiger partial charge in [-0.2, -0.15) is 5.26 Å². The molecule has 1 atom stereocenters. The van der Waals surface area contributed by atoms with Gasteiger partial charge in [0.2, 0.25) is 0 Å². The van der Waals surface area contributed by atoms with E-state index in [4.69, 9.17) is 4.98 Å². The molecule has 0 radical (unpaired) electrons. The summed E-state index contributed by atoms with van der Waals surface area (Å²) in [4.78, 5) is 26.4. The average molecular weight is 475 g/mol.